The van der Waals surface area contributed by atoms with Gasteiger partial charge in [0.2, 0.25) is 0 Å². The van der Waals surface area contributed by atoms with Crippen molar-refractivity contribution in [1.29, 1.82) is 0 Å². The first-order valence-corrected chi connectivity index (χ1v) is 6.78. The molecule has 0 radical (unpaired) electrons. The number of carboxylic acids is 1. The van der Waals surface area contributed by atoms with E-state index < -0.39 is 17.7 Å². The van der Waals surface area contributed by atoms with Crippen molar-refractivity contribution < 1.29 is 18.7 Å². The minimum atomic E-state index is -0.981. The molecule has 22 heavy (non-hydrogen) atoms. The first-order chi connectivity index (χ1) is 10.5. The Hall–Kier alpha value is -2.69. The van der Waals surface area contributed by atoms with Crippen LogP contribution in [0.3, 0.4) is 0 Å². The third-order valence-corrected chi connectivity index (χ3v) is 3.68. The summed E-state index contributed by atoms with van der Waals surface area (Å²) in [5.74, 6) is -2.28. The highest BCUT2D eigenvalue weighted by molar-refractivity contribution is 5.85. The number of aromatic amines is 1. The van der Waals surface area contributed by atoms with Crippen LogP contribution < -0.4 is 0 Å². The summed E-state index contributed by atoms with van der Waals surface area (Å²) >= 11 is 0. The molecule has 112 valence electrons. The number of rotatable bonds is 4. The van der Waals surface area contributed by atoms with E-state index in [-0.39, 0.29) is 12.2 Å². The fraction of sp³-hybridized carbons (Fsp3) is 0.118. The van der Waals surface area contributed by atoms with Crippen LogP contribution in [-0.4, -0.2) is 16.1 Å². The highest BCUT2D eigenvalue weighted by Gasteiger charge is 2.21. The summed E-state index contributed by atoms with van der Waals surface area (Å²) in [7, 11) is 0. The van der Waals surface area contributed by atoms with Gasteiger partial charge in [-0.05, 0) is 41.5 Å². The third kappa shape index (κ3) is 2.70. The zero-order valence-corrected chi connectivity index (χ0v) is 11.5. The molecule has 2 aromatic carbocycles. The second-order valence-corrected chi connectivity index (χ2v) is 5.14. The number of benzene rings is 2. The summed E-state index contributed by atoms with van der Waals surface area (Å²) in [5.41, 5.74) is 1.87. The molecule has 1 aromatic heterocycles. The first kappa shape index (κ1) is 14.3. The van der Waals surface area contributed by atoms with Crippen molar-refractivity contribution in [2.75, 3.05) is 0 Å². The minimum absolute atomic E-state index is 0.173. The van der Waals surface area contributed by atoms with Gasteiger partial charge in [-0.3, -0.25) is 4.79 Å². The largest absolute Gasteiger partial charge is 0.481 e. The van der Waals surface area contributed by atoms with E-state index in [4.69, 9.17) is 5.11 Å². The highest BCUT2D eigenvalue weighted by Crippen LogP contribution is 2.33. The van der Waals surface area contributed by atoms with E-state index in [0.717, 1.165) is 5.39 Å². The number of hydrogen-bond acceptors (Lipinski definition) is 1. The van der Waals surface area contributed by atoms with Crippen LogP contribution in [0.25, 0.3) is 10.9 Å². The van der Waals surface area contributed by atoms with Gasteiger partial charge in [-0.15, -0.1) is 0 Å². The molecule has 0 aliphatic rings. The number of carbonyl (C=O) groups is 1. The van der Waals surface area contributed by atoms with Gasteiger partial charge >= 0.3 is 5.97 Å². The maximum atomic E-state index is 13.5. The molecule has 1 unspecified atom stereocenters. The lowest BCUT2D eigenvalue weighted by atomic mass is 9.88. The number of aliphatic carboxylic acids is 1. The molecule has 0 aliphatic heterocycles. The Labute approximate surface area is 125 Å². The number of aromatic nitrogens is 1. The summed E-state index contributed by atoms with van der Waals surface area (Å²) in [6.45, 7) is 0. The highest BCUT2D eigenvalue weighted by atomic mass is 19.1. The minimum Gasteiger partial charge on any atom is -0.481 e. The molecule has 0 fully saturated rings. The zero-order chi connectivity index (χ0) is 15.7. The van der Waals surface area contributed by atoms with Crippen molar-refractivity contribution in [1.82, 2.24) is 4.98 Å². The van der Waals surface area contributed by atoms with Crippen molar-refractivity contribution in [2.45, 2.75) is 12.3 Å². The van der Waals surface area contributed by atoms with Gasteiger partial charge in [0, 0.05) is 23.0 Å². The van der Waals surface area contributed by atoms with Crippen LogP contribution in [0.4, 0.5) is 8.78 Å². The van der Waals surface area contributed by atoms with Crippen LogP contribution in [0, 0.1) is 11.6 Å². The van der Waals surface area contributed by atoms with Crippen LogP contribution in [0.2, 0.25) is 0 Å². The number of halogens is 2. The van der Waals surface area contributed by atoms with Gasteiger partial charge in [0.15, 0.2) is 0 Å². The van der Waals surface area contributed by atoms with Gasteiger partial charge in [-0.1, -0.05) is 12.1 Å². The Morgan fingerprint density at radius 3 is 2.64 bits per heavy atom. The molecule has 2 N–H and O–H groups in total. The molecule has 3 nitrogen and oxygen atoms in total. The van der Waals surface area contributed by atoms with Gasteiger partial charge < -0.3 is 10.1 Å². The molecule has 0 aliphatic carbocycles. The Kier molecular flexibility index (Phi) is 3.63. The van der Waals surface area contributed by atoms with Crippen LogP contribution >= 0.6 is 0 Å². The normalized spacial score (nSPS) is 12.5. The van der Waals surface area contributed by atoms with Crippen LogP contribution in [0.15, 0.2) is 48.7 Å². The lowest BCUT2D eigenvalue weighted by Crippen LogP contribution is -2.08. The summed E-state index contributed by atoms with van der Waals surface area (Å²) in [6, 6.07) is 10.2. The second kappa shape index (κ2) is 5.60. The standard InChI is InChI=1S/C17H13F2NO2/c18-11-3-1-2-10(6-11)14(8-17(21)22)15-9-20-16-7-12(19)4-5-13(15)16/h1-7,9,14,20H,8H2,(H,21,22). The molecule has 3 rings (SSSR count). The van der Waals surface area contributed by atoms with Crippen molar-refractivity contribution in [3.05, 3.63) is 71.4 Å². The SMILES string of the molecule is O=C(O)CC(c1cccc(F)c1)c1c[nH]c2cc(F)ccc12. The first-order valence-electron chi connectivity index (χ1n) is 6.78. The second-order valence-electron chi connectivity index (χ2n) is 5.14. The van der Waals surface area contributed by atoms with E-state index in [9.17, 15) is 13.6 Å². The Morgan fingerprint density at radius 1 is 1.14 bits per heavy atom. The molecular weight excluding hydrogens is 288 g/mol. The quantitative estimate of drug-likeness (QED) is 0.763. The number of nitrogens with one attached hydrogen (secondary N) is 1. The fourth-order valence-corrected chi connectivity index (χ4v) is 2.71. The molecular formula is C17H13F2NO2. The van der Waals surface area contributed by atoms with E-state index in [1.54, 1.807) is 24.4 Å². The van der Waals surface area contributed by atoms with E-state index in [1.165, 1.54) is 24.3 Å². The Morgan fingerprint density at radius 2 is 1.91 bits per heavy atom. The van der Waals surface area contributed by atoms with Crippen molar-refractivity contribution in [3.8, 4) is 0 Å². The smallest absolute Gasteiger partial charge is 0.304 e. The van der Waals surface area contributed by atoms with Crippen molar-refractivity contribution in [3.63, 3.8) is 0 Å². The lowest BCUT2D eigenvalue weighted by Gasteiger charge is -2.15. The van der Waals surface area contributed by atoms with E-state index in [2.05, 4.69) is 4.98 Å². The lowest BCUT2D eigenvalue weighted by molar-refractivity contribution is -0.137. The number of fused-ring (bicyclic) bond motifs is 1. The Balaban J connectivity index is 2.14. The number of H-pyrrole nitrogens is 1. The van der Waals surface area contributed by atoms with E-state index in [1.807, 2.05) is 0 Å². The van der Waals surface area contributed by atoms with Crippen LogP contribution in [0.1, 0.15) is 23.5 Å². The molecule has 0 amide bonds. The van der Waals surface area contributed by atoms with E-state index in [0.29, 0.717) is 16.6 Å². The van der Waals surface area contributed by atoms with Gasteiger partial charge in [-0.2, -0.15) is 0 Å². The average molecular weight is 301 g/mol. The topological polar surface area (TPSA) is 53.1 Å². The summed E-state index contributed by atoms with van der Waals surface area (Å²) in [6.07, 6.45) is 1.48. The number of hydrogen-bond donors (Lipinski definition) is 2. The molecule has 1 atom stereocenters. The van der Waals surface area contributed by atoms with Crippen molar-refractivity contribution >= 4 is 16.9 Å². The number of carboxylic acid groups (broad SMARTS) is 1. The van der Waals surface area contributed by atoms with Gasteiger partial charge in [0.25, 0.3) is 0 Å². The molecule has 0 saturated heterocycles. The molecule has 0 spiro atoms. The summed E-state index contributed by atoms with van der Waals surface area (Å²) in [5, 5.41) is 9.90. The van der Waals surface area contributed by atoms with Gasteiger partial charge in [-0.25, -0.2) is 8.78 Å². The molecule has 0 saturated carbocycles. The Bertz CT molecular complexity index is 842. The van der Waals surface area contributed by atoms with Gasteiger partial charge in [0.05, 0.1) is 6.42 Å². The maximum absolute atomic E-state index is 13.5. The van der Waals surface area contributed by atoms with Crippen LogP contribution in [0.5, 0.6) is 0 Å². The third-order valence-electron chi connectivity index (χ3n) is 3.68. The maximum Gasteiger partial charge on any atom is 0.304 e. The van der Waals surface area contributed by atoms with Crippen LogP contribution in [-0.2, 0) is 4.79 Å². The van der Waals surface area contributed by atoms with E-state index >= 15 is 0 Å². The molecule has 0 bridgehead atoms. The average Bonchev–Trinajstić information content (AvgIpc) is 2.87. The summed E-state index contributed by atoms with van der Waals surface area (Å²) < 4.78 is 26.7. The van der Waals surface area contributed by atoms with Crippen molar-refractivity contribution in [2.24, 2.45) is 0 Å². The molecule has 3 aromatic rings. The fourth-order valence-electron chi connectivity index (χ4n) is 2.71. The molecule has 5 heteroatoms. The molecule has 1 heterocycles. The summed E-state index contributed by atoms with van der Waals surface area (Å²) in [4.78, 5) is 14.1. The predicted molar refractivity (Wildman–Crippen MR) is 78.8 cm³/mol. The van der Waals surface area contributed by atoms with Gasteiger partial charge in [0.1, 0.15) is 11.6 Å². The monoisotopic (exact) mass is 301 g/mol. The predicted octanol–water partition coefficient (Wildman–Crippen LogP) is 4.05. The zero-order valence-electron chi connectivity index (χ0n) is 11.5.